The summed E-state index contributed by atoms with van der Waals surface area (Å²) in [6.07, 6.45) is 0. The second-order valence-electron chi connectivity index (χ2n) is 19.4. The molecular formula is C65H42N4S. The van der Waals surface area contributed by atoms with E-state index in [0.29, 0.717) is 5.95 Å². The maximum absolute atomic E-state index is 5.68. The molecule has 0 fully saturated rings. The van der Waals surface area contributed by atoms with Crippen molar-refractivity contribution in [2.24, 2.45) is 0 Å². The Morgan fingerprint density at radius 3 is 1.84 bits per heavy atom. The number of nitrogens with zero attached hydrogens (tertiary/aromatic N) is 4. The van der Waals surface area contributed by atoms with Gasteiger partial charge < -0.3 is 4.57 Å². The number of hydrogen-bond acceptors (Lipinski definition) is 3. The molecule has 0 unspecified atom stereocenters. The van der Waals surface area contributed by atoms with Gasteiger partial charge in [0.1, 0.15) is 0 Å². The molecule has 15 rings (SSSR count). The van der Waals surface area contributed by atoms with Crippen molar-refractivity contribution >= 4 is 86.7 Å². The van der Waals surface area contributed by atoms with Gasteiger partial charge >= 0.3 is 0 Å². The summed E-state index contributed by atoms with van der Waals surface area (Å²) in [5, 5.41) is 9.71. The van der Waals surface area contributed by atoms with Crippen LogP contribution in [-0.4, -0.2) is 19.1 Å². The van der Waals surface area contributed by atoms with Crippen molar-refractivity contribution in [1.82, 2.24) is 19.1 Å². The van der Waals surface area contributed by atoms with Gasteiger partial charge in [0.05, 0.1) is 38.0 Å². The lowest BCUT2D eigenvalue weighted by atomic mass is 9.82. The highest BCUT2D eigenvalue weighted by Crippen LogP contribution is 2.50. The lowest BCUT2D eigenvalue weighted by Gasteiger charge is -2.22. The minimum atomic E-state index is -0.148. The Morgan fingerprint density at radius 2 is 1.03 bits per heavy atom. The minimum absolute atomic E-state index is 0.148. The van der Waals surface area contributed by atoms with Crippen LogP contribution in [-0.2, 0) is 5.41 Å². The fraction of sp³-hybridized carbons (Fsp3) is 0.0462. The number of hydrogen-bond donors (Lipinski definition) is 0. The van der Waals surface area contributed by atoms with E-state index in [0.717, 1.165) is 49.1 Å². The van der Waals surface area contributed by atoms with Gasteiger partial charge in [-0.15, -0.1) is 11.3 Å². The summed E-state index contributed by atoms with van der Waals surface area (Å²) in [6.45, 7) is 4.70. The third kappa shape index (κ3) is 5.70. The quantitative estimate of drug-likeness (QED) is 0.172. The van der Waals surface area contributed by atoms with E-state index in [1.165, 1.54) is 87.0 Å². The van der Waals surface area contributed by atoms with Crippen molar-refractivity contribution in [3.63, 3.8) is 0 Å². The highest BCUT2D eigenvalue weighted by molar-refractivity contribution is 7.22. The summed E-state index contributed by atoms with van der Waals surface area (Å²) < 4.78 is 5.80. The van der Waals surface area contributed by atoms with E-state index in [4.69, 9.17) is 9.97 Å². The van der Waals surface area contributed by atoms with Crippen LogP contribution < -0.4 is 0 Å². The van der Waals surface area contributed by atoms with Gasteiger partial charge in [0, 0.05) is 43.1 Å². The molecule has 70 heavy (non-hydrogen) atoms. The molecule has 0 radical (unpaired) electrons. The Balaban J connectivity index is 0.966. The maximum Gasteiger partial charge on any atom is 0.235 e. The van der Waals surface area contributed by atoms with E-state index in [1.54, 1.807) is 11.3 Å². The van der Waals surface area contributed by atoms with Crippen molar-refractivity contribution in [2.45, 2.75) is 19.3 Å². The van der Waals surface area contributed by atoms with Gasteiger partial charge in [0.15, 0.2) is 0 Å². The summed E-state index contributed by atoms with van der Waals surface area (Å²) in [5.41, 5.74) is 17.3. The van der Waals surface area contributed by atoms with Crippen LogP contribution in [0.3, 0.4) is 0 Å². The van der Waals surface area contributed by atoms with Crippen LogP contribution in [0.4, 0.5) is 0 Å². The van der Waals surface area contributed by atoms with Crippen molar-refractivity contribution in [3.05, 3.63) is 230 Å². The molecule has 0 spiro atoms. The van der Waals surface area contributed by atoms with Gasteiger partial charge in [-0.2, -0.15) is 0 Å². The Labute approximate surface area is 408 Å². The van der Waals surface area contributed by atoms with Gasteiger partial charge in [-0.3, -0.25) is 4.57 Å². The molecular weight excluding hydrogens is 869 g/mol. The molecule has 4 nitrogen and oxygen atoms in total. The number of rotatable bonds is 5. The van der Waals surface area contributed by atoms with Crippen molar-refractivity contribution < 1.29 is 0 Å². The zero-order valence-corrected chi connectivity index (χ0v) is 39.3. The molecule has 4 aromatic heterocycles. The van der Waals surface area contributed by atoms with Crippen LogP contribution in [0.15, 0.2) is 218 Å². The first-order valence-corrected chi connectivity index (χ1v) is 24.9. The predicted molar refractivity (Wildman–Crippen MR) is 295 cm³/mol. The number of para-hydroxylation sites is 1. The van der Waals surface area contributed by atoms with E-state index in [2.05, 4.69) is 241 Å². The summed E-state index contributed by atoms with van der Waals surface area (Å²) in [7, 11) is 0. The second kappa shape index (κ2) is 14.7. The zero-order chi connectivity index (χ0) is 46.2. The summed E-state index contributed by atoms with van der Waals surface area (Å²) in [5.74, 6) is 0.660. The fourth-order valence-electron chi connectivity index (χ4n) is 11.7. The topological polar surface area (TPSA) is 35.6 Å². The normalized spacial score (nSPS) is 13.1. The van der Waals surface area contributed by atoms with Gasteiger partial charge in [-0.25, -0.2) is 9.97 Å². The SMILES string of the molecule is CC1(C)c2ccccc2-c2ccc(-c3nc(-n4c5ccc(-c6ccc7c(c6)c6c8ccccc8ccc6n7-c6ccccc6)cc5c5cc6ccccc6cc54)nc4cc(-c5ccccc5)sc34)cc21. The highest BCUT2D eigenvalue weighted by Gasteiger charge is 2.35. The molecule has 5 heteroatoms. The average Bonchev–Trinajstić information content (AvgIpc) is 4.15. The Kier molecular flexibility index (Phi) is 8.26. The highest BCUT2D eigenvalue weighted by atomic mass is 32.1. The van der Waals surface area contributed by atoms with Crippen LogP contribution in [0.5, 0.6) is 0 Å². The van der Waals surface area contributed by atoms with Crippen molar-refractivity contribution in [3.8, 4) is 55.6 Å². The second-order valence-corrected chi connectivity index (χ2v) is 20.4. The van der Waals surface area contributed by atoms with Crippen LogP contribution in [0.1, 0.15) is 25.0 Å². The van der Waals surface area contributed by atoms with Gasteiger partial charge in [0.2, 0.25) is 5.95 Å². The van der Waals surface area contributed by atoms with Crippen LogP contribution in [0, 0.1) is 0 Å². The van der Waals surface area contributed by atoms with Crippen LogP contribution in [0.25, 0.3) is 131 Å². The lowest BCUT2D eigenvalue weighted by molar-refractivity contribution is 0.660. The smallest absolute Gasteiger partial charge is 0.235 e. The summed E-state index contributed by atoms with van der Waals surface area (Å²) in [4.78, 5) is 12.4. The summed E-state index contributed by atoms with van der Waals surface area (Å²) >= 11 is 1.77. The first kappa shape index (κ1) is 39.4. The van der Waals surface area contributed by atoms with Crippen LogP contribution >= 0.6 is 11.3 Å². The predicted octanol–water partition coefficient (Wildman–Crippen LogP) is 17.5. The number of thiophene rings is 1. The third-order valence-corrected chi connectivity index (χ3v) is 16.3. The monoisotopic (exact) mass is 910 g/mol. The average molecular weight is 911 g/mol. The van der Waals surface area contributed by atoms with E-state index < -0.39 is 0 Å². The molecule has 4 heterocycles. The molecule has 0 bridgehead atoms. The standard InChI is InChI=1S/C65H42N4S/c1-65(2)53-24-14-13-23-48(53)49-29-25-45(36-54(49)65)62-63-55(38-60(70-63)40-16-5-3-6-17-40)66-64(67-62)69-56-30-27-43(34-50(56)51-33-41-18-9-10-19-42(41)37-59(51)69)44-28-31-57-52(35-44)61-47-22-12-11-15-39(47)26-32-58(61)68(57)46-20-7-4-8-21-46/h3-38H,1-2H3. The largest absolute Gasteiger partial charge is 0.309 e. The van der Waals surface area contributed by atoms with E-state index in [1.807, 2.05) is 0 Å². The Bertz CT molecular complexity index is 4500. The first-order valence-electron chi connectivity index (χ1n) is 24.1. The summed E-state index contributed by atoms with van der Waals surface area (Å²) in [6, 6.07) is 80.1. The van der Waals surface area contributed by atoms with Gasteiger partial charge in [-0.1, -0.05) is 166 Å². The van der Waals surface area contributed by atoms with Gasteiger partial charge in [-0.05, 0) is 127 Å². The minimum Gasteiger partial charge on any atom is -0.309 e. The van der Waals surface area contributed by atoms with E-state index in [9.17, 15) is 0 Å². The Morgan fingerprint density at radius 1 is 0.400 bits per heavy atom. The first-order chi connectivity index (χ1) is 34.4. The number of aromatic nitrogens is 4. The molecule has 1 aliphatic rings. The third-order valence-electron chi connectivity index (χ3n) is 15.1. The molecule has 0 aliphatic heterocycles. The van der Waals surface area contributed by atoms with Crippen molar-refractivity contribution in [2.75, 3.05) is 0 Å². The molecule has 0 atom stereocenters. The molecule has 0 saturated heterocycles. The molecule has 0 amide bonds. The fourth-order valence-corrected chi connectivity index (χ4v) is 12.8. The molecule has 328 valence electrons. The molecule has 10 aromatic carbocycles. The Hall–Kier alpha value is -8.64. The van der Waals surface area contributed by atoms with Crippen LogP contribution in [0.2, 0.25) is 0 Å². The zero-order valence-electron chi connectivity index (χ0n) is 38.5. The van der Waals surface area contributed by atoms with E-state index in [-0.39, 0.29) is 5.41 Å². The lowest BCUT2D eigenvalue weighted by Crippen LogP contribution is -2.15. The molecule has 0 saturated carbocycles. The molecule has 14 aromatic rings. The van der Waals surface area contributed by atoms with E-state index >= 15 is 0 Å². The molecule has 0 N–H and O–H groups in total. The molecule has 1 aliphatic carbocycles. The number of benzene rings is 10. The van der Waals surface area contributed by atoms with Crippen molar-refractivity contribution in [1.29, 1.82) is 0 Å². The maximum atomic E-state index is 5.68. The number of fused-ring (bicyclic) bond motifs is 13. The van der Waals surface area contributed by atoms with Gasteiger partial charge in [0.25, 0.3) is 0 Å².